The van der Waals surface area contributed by atoms with Gasteiger partial charge in [-0.2, -0.15) is 0 Å². The third-order valence-electron chi connectivity index (χ3n) is 2.10. The highest BCUT2D eigenvalue weighted by Crippen LogP contribution is 2.22. The van der Waals surface area contributed by atoms with Crippen LogP contribution < -0.4 is 0 Å². The highest BCUT2D eigenvalue weighted by molar-refractivity contribution is 9.09. The lowest BCUT2D eigenvalue weighted by Gasteiger charge is -1.94. The zero-order valence-electron chi connectivity index (χ0n) is 7.42. The third kappa shape index (κ3) is 1.51. The van der Waals surface area contributed by atoms with Gasteiger partial charge < -0.3 is 4.98 Å². The van der Waals surface area contributed by atoms with E-state index in [2.05, 4.69) is 30.7 Å². The van der Waals surface area contributed by atoms with Crippen LogP contribution >= 0.6 is 15.9 Å². The molecule has 0 bridgehead atoms. The van der Waals surface area contributed by atoms with Crippen LogP contribution in [-0.2, 0) is 6.42 Å². The fraction of sp³-hybridized carbons (Fsp3) is 0.200. The van der Waals surface area contributed by atoms with E-state index in [1.807, 2.05) is 12.3 Å². The predicted molar refractivity (Wildman–Crippen MR) is 59.9 cm³/mol. The molecule has 0 aliphatic heterocycles. The summed E-state index contributed by atoms with van der Waals surface area (Å²) in [7, 11) is 0. The molecule has 0 fully saturated rings. The van der Waals surface area contributed by atoms with Crippen molar-refractivity contribution in [3.05, 3.63) is 35.4 Å². The Hall–Kier alpha value is -1.34. The van der Waals surface area contributed by atoms with Crippen molar-refractivity contribution in [1.29, 1.82) is 0 Å². The van der Waals surface area contributed by atoms with Crippen molar-refractivity contribution in [3.63, 3.8) is 0 Å². The Balaban J connectivity index is 2.59. The molecule has 4 heteroatoms. The van der Waals surface area contributed by atoms with E-state index < -0.39 is 0 Å². The van der Waals surface area contributed by atoms with Gasteiger partial charge in [-0.1, -0.05) is 15.9 Å². The van der Waals surface area contributed by atoms with Gasteiger partial charge in [-0.25, -0.2) is 4.85 Å². The van der Waals surface area contributed by atoms with Crippen molar-refractivity contribution in [1.82, 2.24) is 9.97 Å². The number of hydrogen-bond acceptors (Lipinski definition) is 1. The van der Waals surface area contributed by atoms with Crippen LogP contribution in [0.25, 0.3) is 15.9 Å². The minimum Gasteiger partial charge on any atom is -0.346 e. The van der Waals surface area contributed by atoms with Crippen LogP contribution in [0.2, 0.25) is 0 Å². The molecular formula is C10H8BrN3. The largest absolute Gasteiger partial charge is 0.346 e. The molecular weight excluding hydrogens is 242 g/mol. The second-order valence-electron chi connectivity index (χ2n) is 2.95. The monoisotopic (exact) mass is 249 g/mol. The van der Waals surface area contributed by atoms with Crippen molar-refractivity contribution in [2.75, 3.05) is 5.33 Å². The number of fused-ring (bicyclic) bond motifs is 1. The molecule has 70 valence electrons. The Morgan fingerprint density at radius 3 is 3.14 bits per heavy atom. The van der Waals surface area contributed by atoms with E-state index >= 15 is 0 Å². The zero-order valence-corrected chi connectivity index (χ0v) is 9.00. The molecule has 0 atom stereocenters. The smallest absolute Gasteiger partial charge is 0.205 e. The van der Waals surface area contributed by atoms with Crippen LogP contribution in [0.15, 0.2) is 18.5 Å². The molecule has 0 aliphatic carbocycles. The van der Waals surface area contributed by atoms with Gasteiger partial charge >= 0.3 is 0 Å². The van der Waals surface area contributed by atoms with Gasteiger partial charge in [0.25, 0.3) is 0 Å². The van der Waals surface area contributed by atoms with E-state index in [-0.39, 0.29) is 0 Å². The lowest BCUT2D eigenvalue weighted by molar-refractivity contribution is 1.18. The molecule has 0 aromatic carbocycles. The molecule has 3 nitrogen and oxygen atoms in total. The summed E-state index contributed by atoms with van der Waals surface area (Å²) in [5.41, 5.74) is 2.65. The first-order valence-electron chi connectivity index (χ1n) is 4.24. The van der Waals surface area contributed by atoms with Gasteiger partial charge in [-0.3, -0.25) is 4.98 Å². The minimum atomic E-state index is 0.591. The molecule has 0 spiro atoms. The number of alkyl halides is 1. The van der Waals surface area contributed by atoms with Gasteiger partial charge in [0.05, 0.1) is 6.57 Å². The molecule has 0 amide bonds. The SMILES string of the molecule is [C-]#[N+]c1cnc2[nH]cc(CCBr)c2c1. The molecule has 0 aliphatic rings. The Morgan fingerprint density at radius 1 is 1.57 bits per heavy atom. The molecule has 0 radical (unpaired) electrons. The minimum absolute atomic E-state index is 0.591. The lowest BCUT2D eigenvalue weighted by atomic mass is 10.2. The summed E-state index contributed by atoms with van der Waals surface area (Å²) in [4.78, 5) is 10.6. The van der Waals surface area contributed by atoms with Gasteiger partial charge in [-0.15, -0.1) is 0 Å². The van der Waals surface area contributed by atoms with Gasteiger partial charge in [0.15, 0.2) is 0 Å². The average molecular weight is 250 g/mol. The molecule has 0 saturated carbocycles. The van der Waals surface area contributed by atoms with E-state index in [0.717, 1.165) is 22.8 Å². The number of hydrogen-bond donors (Lipinski definition) is 1. The van der Waals surface area contributed by atoms with Crippen LogP contribution in [0.5, 0.6) is 0 Å². The molecule has 1 N–H and O–H groups in total. The number of pyridine rings is 1. The number of nitrogens with zero attached hydrogens (tertiary/aromatic N) is 2. The summed E-state index contributed by atoms with van der Waals surface area (Å²) in [6.45, 7) is 6.91. The van der Waals surface area contributed by atoms with Gasteiger partial charge in [-0.05, 0) is 18.1 Å². The predicted octanol–water partition coefficient (Wildman–Crippen LogP) is 3.05. The fourth-order valence-corrected chi connectivity index (χ4v) is 1.84. The van der Waals surface area contributed by atoms with E-state index in [9.17, 15) is 0 Å². The lowest BCUT2D eigenvalue weighted by Crippen LogP contribution is -1.82. The highest BCUT2D eigenvalue weighted by atomic mass is 79.9. The van der Waals surface area contributed by atoms with E-state index in [4.69, 9.17) is 6.57 Å². The summed E-state index contributed by atoms with van der Waals surface area (Å²) in [6, 6.07) is 1.88. The second-order valence-corrected chi connectivity index (χ2v) is 3.75. The van der Waals surface area contributed by atoms with Crippen LogP contribution in [0.1, 0.15) is 5.56 Å². The Morgan fingerprint density at radius 2 is 2.43 bits per heavy atom. The zero-order chi connectivity index (χ0) is 9.97. The van der Waals surface area contributed by atoms with Gasteiger partial charge in [0.2, 0.25) is 5.69 Å². The van der Waals surface area contributed by atoms with Crippen molar-refractivity contribution in [2.45, 2.75) is 6.42 Å². The molecule has 0 unspecified atom stereocenters. The number of aromatic nitrogens is 2. The van der Waals surface area contributed by atoms with Gasteiger partial charge in [0.1, 0.15) is 5.65 Å². The quantitative estimate of drug-likeness (QED) is 0.644. The van der Waals surface area contributed by atoms with E-state index in [0.29, 0.717) is 5.69 Å². The van der Waals surface area contributed by atoms with Crippen molar-refractivity contribution in [2.24, 2.45) is 0 Å². The fourth-order valence-electron chi connectivity index (χ4n) is 1.42. The van der Waals surface area contributed by atoms with Gasteiger partial charge in [0, 0.05) is 23.1 Å². The van der Waals surface area contributed by atoms with Crippen LogP contribution in [0.3, 0.4) is 0 Å². The normalized spacial score (nSPS) is 10.3. The molecule has 14 heavy (non-hydrogen) atoms. The maximum Gasteiger partial charge on any atom is 0.205 e. The first-order valence-corrected chi connectivity index (χ1v) is 5.36. The topological polar surface area (TPSA) is 33.0 Å². The number of rotatable bonds is 2. The Kier molecular flexibility index (Phi) is 2.51. The average Bonchev–Trinajstić information content (AvgIpc) is 2.61. The van der Waals surface area contributed by atoms with Crippen LogP contribution in [0, 0.1) is 6.57 Å². The number of aryl methyl sites for hydroxylation is 1. The second kappa shape index (κ2) is 3.81. The summed E-state index contributed by atoms with van der Waals surface area (Å²) < 4.78 is 0. The van der Waals surface area contributed by atoms with Crippen molar-refractivity contribution in [3.8, 4) is 0 Å². The summed E-state index contributed by atoms with van der Waals surface area (Å²) in [5, 5.41) is 1.97. The molecule has 2 aromatic heterocycles. The number of aromatic amines is 1. The van der Waals surface area contributed by atoms with Crippen LogP contribution in [-0.4, -0.2) is 15.3 Å². The molecule has 2 heterocycles. The maximum absolute atomic E-state index is 6.91. The first kappa shape index (κ1) is 9.22. The van der Waals surface area contributed by atoms with Crippen LogP contribution in [0.4, 0.5) is 5.69 Å². The number of H-pyrrole nitrogens is 1. The molecule has 2 aromatic rings. The maximum atomic E-state index is 6.91. The Bertz CT molecular complexity index is 496. The summed E-state index contributed by atoms with van der Waals surface area (Å²) in [5.74, 6) is 0. The number of nitrogens with one attached hydrogen (secondary N) is 1. The molecule has 2 rings (SSSR count). The molecule has 0 saturated heterocycles. The third-order valence-corrected chi connectivity index (χ3v) is 2.49. The van der Waals surface area contributed by atoms with E-state index in [1.54, 1.807) is 6.20 Å². The van der Waals surface area contributed by atoms with Crippen molar-refractivity contribution < 1.29 is 0 Å². The summed E-state index contributed by atoms with van der Waals surface area (Å²) in [6.07, 6.45) is 4.49. The Labute approximate surface area is 90.1 Å². The first-order chi connectivity index (χ1) is 6.85. The summed E-state index contributed by atoms with van der Waals surface area (Å²) >= 11 is 3.40. The van der Waals surface area contributed by atoms with E-state index in [1.165, 1.54) is 5.56 Å². The highest BCUT2D eigenvalue weighted by Gasteiger charge is 2.04. The number of halogens is 1. The standard InChI is InChI=1S/C10H8BrN3/c1-12-8-4-9-7(2-3-11)5-13-10(9)14-6-8/h4-6H,2-3H2,(H,13,14). The van der Waals surface area contributed by atoms with Crippen molar-refractivity contribution >= 4 is 32.7 Å².